The second-order valence-electron chi connectivity index (χ2n) is 9.68. The fraction of sp³-hybridized carbons (Fsp3) is 0.355. The highest BCUT2D eigenvalue weighted by molar-refractivity contribution is 6.36. The SMILES string of the molecule is C[NH+](C)c1ccc(CC(=O)NCCCCCCCCOc2ccc(OC(=O)c3ccc(Cl)cc3Cl)cc2)cc1. The number of ether oxygens (including phenoxy) is 2. The quantitative estimate of drug-likeness (QED) is 0.132. The van der Waals surface area contributed by atoms with Gasteiger partial charge >= 0.3 is 5.97 Å². The molecular formula is C31H37Cl2N2O4+. The molecule has 0 aliphatic rings. The van der Waals surface area contributed by atoms with Crippen LogP contribution in [-0.2, 0) is 11.2 Å². The Kier molecular flexibility index (Phi) is 12.6. The van der Waals surface area contributed by atoms with E-state index in [1.807, 2.05) is 12.1 Å². The molecule has 0 spiro atoms. The van der Waals surface area contributed by atoms with E-state index >= 15 is 0 Å². The Hall–Kier alpha value is -3.06. The predicted molar refractivity (Wildman–Crippen MR) is 157 cm³/mol. The molecule has 0 unspecified atom stereocenters. The Morgan fingerprint density at radius 3 is 2.10 bits per heavy atom. The third-order valence-corrected chi connectivity index (χ3v) is 6.79. The van der Waals surface area contributed by atoms with Crippen molar-refractivity contribution in [2.75, 3.05) is 27.2 Å². The normalized spacial score (nSPS) is 10.9. The number of benzene rings is 3. The first-order valence-corrected chi connectivity index (χ1v) is 14.1. The second kappa shape index (κ2) is 16.1. The molecule has 0 radical (unpaired) electrons. The third kappa shape index (κ3) is 10.9. The molecule has 3 aromatic carbocycles. The molecule has 3 rings (SSSR count). The predicted octanol–water partition coefficient (Wildman–Crippen LogP) is 6.07. The Morgan fingerprint density at radius 2 is 1.44 bits per heavy atom. The Balaban J connectivity index is 1.20. The molecule has 0 atom stereocenters. The van der Waals surface area contributed by atoms with Gasteiger partial charge < -0.3 is 19.7 Å². The summed E-state index contributed by atoms with van der Waals surface area (Å²) in [5.74, 6) is 0.674. The van der Waals surface area contributed by atoms with Crippen molar-refractivity contribution in [3.63, 3.8) is 0 Å². The standard InChI is InChI=1S/C31H36Cl2N2O4/c1-35(2)25-12-9-23(10-13-25)21-30(36)34-19-7-5-3-4-6-8-20-38-26-14-16-27(17-15-26)39-31(37)28-18-11-24(32)22-29(28)33/h9-18,22H,3-8,19-21H2,1-2H3,(H,34,36)/p+1. The first-order valence-electron chi connectivity index (χ1n) is 13.4. The lowest BCUT2D eigenvalue weighted by Crippen LogP contribution is -3.00. The van der Waals surface area contributed by atoms with E-state index in [-0.39, 0.29) is 16.5 Å². The molecule has 6 nitrogen and oxygen atoms in total. The van der Waals surface area contributed by atoms with Gasteiger partial charge in [0.15, 0.2) is 0 Å². The average molecular weight is 573 g/mol. The van der Waals surface area contributed by atoms with Gasteiger partial charge in [0.2, 0.25) is 5.91 Å². The number of amides is 1. The molecule has 0 aromatic heterocycles. The molecule has 39 heavy (non-hydrogen) atoms. The van der Waals surface area contributed by atoms with Gasteiger partial charge in [-0.1, -0.05) is 61.0 Å². The minimum atomic E-state index is -0.542. The monoisotopic (exact) mass is 571 g/mol. The number of quaternary nitrogens is 1. The number of esters is 1. The van der Waals surface area contributed by atoms with Crippen LogP contribution in [0.4, 0.5) is 5.69 Å². The van der Waals surface area contributed by atoms with Gasteiger partial charge in [0.25, 0.3) is 0 Å². The Morgan fingerprint density at radius 1 is 0.795 bits per heavy atom. The van der Waals surface area contributed by atoms with Gasteiger partial charge in [-0.3, -0.25) is 4.79 Å². The number of hydrogen-bond donors (Lipinski definition) is 2. The number of nitrogens with one attached hydrogen (secondary N) is 2. The summed E-state index contributed by atoms with van der Waals surface area (Å²) in [6.45, 7) is 1.35. The van der Waals surface area contributed by atoms with Crippen molar-refractivity contribution >= 4 is 40.8 Å². The molecule has 8 heteroatoms. The van der Waals surface area contributed by atoms with E-state index in [0.717, 1.165) is 56.4 Å². The fourth-order valence-corrected chi connectivity index (χ4v) is 4.46. The van der Waals surface area contributed by atoms with Gasteiger partial charge in [-0.2, -0.15) is 0 Å². The van der Waals surface area contributed by atoms with Crippen LogP contribution in [0.15, 0.2) is 66.7 Å². The molecule has 3 aromatic rings. The second-order valence-corrected chi connectivity index (χ2v) is 10.5. The Bertz CT molecular complexity index is 1200. The van der Waals surface area contributed by atoms with Gasteiger partial charge in [0.1, 0.15) is 17.2 Å². The minimum absolute atomic E-state index is 0.0780. The van der Waals surface area contributed by atoms with E-state index in [2.05, 4.69) is 31.5 Å². The zero-order valence-electron chi connectivity index (χ0n) is 22.6. The summed E-state index contributed by atoms with van der Waals surface area (Å²) < 4.78 is 11.2. The number of carbonyl (C=O) groups is 2. The topological polar surface area (TPSA) is 69.1 Å². The maximum Gasteiger partial charge on any atom is 0.345 e. The molecule has 0 saturated carbocycles. The molecule has 0 aliphatic heterocycles. The lowest BCUT2D eigenvalue weighted by molar-refractivity contribution is -0.786. The summed E-state index contributed by atoms with van der Waals surface area (Å²) in [7, 11) is 4.17. The summed E-state index contributed by atoms with van der Waals surface area (Å²) in [5.41, 5.74) is 2.51. The lowest BCUT2D eigenvalue weighted by atomic mass is 10.1. The lowest BCUT2D eigenvalue weighted by Gasteiger charge is -2.09. The van der Waals surface area contributed by atoms with Crippen LogP contribution in [0.25, 0.3) is 0 Å². The van der Waals surface area contributed by atoms with E-state index in [4.69, 9.17) is 32.7 Å². The van der Waals surface area contributed by atoms with Crippen molar-refractivity contribution in [2.45, 2.75) is 44.9 Å². The molecule has 208 valence electrons. The van der Waals surface area contributed by atoms with Crippen LogP contribution in [0, 0.1) is 0 Å². The van der Waals surface area contributed by atoms with E-state index in [9.17, 15) is 9.59 Å². The molecule has 2 N–H and O–H groups in total. The highest BCUT2D eigenvalue weighted by atomic mass is 35.5. The van der Waals surface area contributed by atoms with Crippen molar-refractivity contribution in [3.8, 4) is 11.5 Å². The summed E-state index contributed by atoms with van der Waals surface area (Å²) in [6.07, 6.45) is 6.86. The molecule has 0 aliphatic carbocycles. The van der Waals surface area contributed by atoms with Gasteiger partial charge in [-0.15, -0.1) is 0 Å². The van der Waals surface area contributed by atoms with E-state index in [1.165, 1.54) is 22.7 Å². The summed E-state index contributed by atoms with van der Waals surface area (Å²) in [5, 5.41) is 3.73. The fourth-order valence-electron chi connectivity index (χ4n) is 3.98. The van der Waals surface area contributed by atoms with Crippen molar-refractivity contribution < 1.29 is 24.0 Å². The van der Waals surface area contributed by atoms with Crippen molar-refractivity contribution in [3.05, 3.63) is 87.9 Å². The van der Waals surface area contributed by atoms with Crippen LogP contribution in [0.2, 0.25) is 10.0 Å². The highest BCUT2D eigenvalue weighted by Crippen LogP contribution is 2.24. The number of hydrogen-bond acceptors (Lipinski definition) is 4. The van der Waals surface area contributed by atoms with E-state index in [1.54, 1.807) is 30.3 Å². The van der Waals surface area contributed by atoms with E-state index in [0.29, 0.717) is 23.8 Å². The number of unbranched alkanes of at least 4 members (excludes halogenated alkanes) is 5. The Labute approximate surface area is 241 Å². The summed E-state index contributed by atoms with van der Waals surface area (Å²) in [6, 6.07) is 19.8. The number of halogens is 2. The number of carbonyl (C=O) groups excluding carboxylic acids is 2. The van der Waals surface area contributed by atoms with Gasteiger partial charge in [-0.05, 0) is 73.0 Å². The molecule has 0 saturated heterocycles. The maximum atomic E-state index is 12.3. The van der Waals surface area contributed by atoms with Crippen LogP contribution in [0.1, 0.15) is 54.4 Å². The zero-order valence-corrected chi connectivity index (χ0v) is 24.1. The largest absolute Gasteiger partial charge is 0.494 e. The smallest absolute Gasteiger partial charge is 0.345 e. The van der Waals surface area contributed by atoms with Gasteiger partial charge in [0, 0.05) is 11.6 Å². The first-order chi connectivity index (χ1) is 18.8. The van der Waals surface area contributed by atoms with Crippen LogP contribution < -0.4 is 19.7 Å². The van der Waals surface area contributed by atoms with Crippen LogP contribution in [0.5, 0.6) is 11.5 Å². The maximum absolute atomic E-state index is 12.3. The third-order valence-electron chi connectivity index (χ3n) is 6.24. The molecular weight excluding hydrogens is 535 g/mol. The van der Waals surface area contributed by atoms with Crippen molar-refractivity contribution in [1.29, 1.82) is 0 Å². The van der Waals surface area contributed by atoms with Gasteiger partial charge in [0.05, 0.1) is 37.7 Å². The van der Waals surface area contributed by atoms with Crippen LogP contribution in [-0.4, -0.2) is 39.1 Å². The van der Waals surface area contributed by atoms with Gasteiger partial charge in [-0.25, -0.2) is 4.79 Å². The van der Waals surface area contributed by atoms with E-state index < -0.39 is 5.97 Å². The highest BCUT2D eigenvalue weighted by Gasteiger charge is 2.13. The minimum Gasteiger partial charge on any atom is -0.494 e. The first kappa shape index (κ1) is 30.5. The van der Waals surface area contributed by atoms with Crippen molar-refractivity contribution in [1.82, 2.24) is 5.32 Å². The van der Waals surface area contributed by atoms with Crippen molar-refractivity contribution in [2.24, 2.45) is 0 Å². The average Bonchev–Trinajstić information content (AvgIpc) is 2.91. The molecule has 0 heterocycles. The summed E-state index contributed by atoms with van der Waals surface area (Å²) >= 11 is 11.9. The zero-order chi connectivity index (χ0) is 28.0. The molecule has 0 fully saturated rings. The molecule has 0 bridgehead atoms. The summed E-state index contributed by atoms with van der Waals surface area (Å²) in [4.78, 5) is 25.7. The van der Waals surface area contributed by atoms with Crippen LogP contribution in [0.3, 0.4) is 0 Å². The molecule has 1 amide bonds. The number of rotatable bonds is 15. The van der Waals surface area contributed by atoms with Crippen LogP contribution >= 0.6 is 23.2 Å².